The van der Waals surface area contributed by atoms with E-state index in [-0.39, 0.29) is 16.6 Å². The molecule has 1 aromatic rings. The van der Waals surface area contributed by atoms with Crippen LogP contribution < -0.4 is 5.73 Å². The van der Waals surface area contributed by atoms with Crippen molar-refractivity contribution in [3.05, 3.63) is 71.7 Å². The van der Waals surface area contributed by atoms with E-state index in [2.05, 4.69) is 28.4 Å². The summed E-state index contributed by atoms with van der Waals surface area (Å²) in [6, 6.07) is 8.08. The molecule has 160 valence electrons. The summed E-state index contributed by atoms with van der Waals surface area (Å²) in [5.41, 5.74) is 5.79. The predicted octanol–water partition coefficient (Wildman–Crippen LogP) is 4.30. The molecule has 1 aliphatic carbocycles. The Morgan fingerprint density at radius 3 is 2.91 bits per heavy atom. The lowest BCUT2D eigenvalue weighted by molar-refractivity contribution is 0.267. The second-order valence-corrected chi connectivity index (χ2v) is 8.73. The van der Waals surface area contributed by atoms with Gasteiger partial charge in [0.1, 0.15) is 24.1 Å². The second-order valence-electron chi connectivity index (χ2n) is 7.34. The second kappa shape index (κ2) is 9.22. The average molecular weight is 448 g/mol. The van der Waals surface area contributed by atoms with Crippen molar-refractivity contribution < 1.29 is 8.78 Å². The van der Waals surface area contributed by atoms with Crippen LogP contribution in [0.2, 0.25) is 0 Å². The molecule has 0 aromatic heterocycles. The highest BCUT2D eigenvalue weighted by atomic mass is 32.2. The molecule has 0 unspecified atom stereocenters. The molecule has 3 rings (SSSR count). The summed E-state index contributed by atoms with van der Waals surface area (Å²) in [5, 5.41) is 17.9. The van der Waals surface area contributed by atoms with Crippen molar-refractivity contribution in [3.8, 4) is 24.0 Å². The number of aliphatic imine (C=N–C) groups is 2. The number of hydrogen-bond donors (Lipinski definition) is 1. The van der Waals surface area contributed by atoms with Gasteiger partial charge in [-0.3, -0.25) is 4.99 Å². The molecule has 3 atom stereocenters. The highest BCUT2D eigenvalue weighted by Crippen LogP contribution is 2.66. The minimum absolute atomic E-state index is 0.0835. The number of rotatable bonds is 5. The number of allylic oxidation sites excluding steroid dienone is 3. The van der Waals surface area contributed by atoms with Gasteiger partial charge in [0.25, 0.3) is 0 Å². The lowest BCUT2D eigenvalue weighted by Crippen LogP contribution is -2.39. The average Bonchev–Trinajstić information content (AvgIpc) is 3.52. The van der Waals surface area contributed by atoms with Gasteiger partial charge >= 0.3 is 0 Å². The molecule has 0 amide bonds. The zero-order valence-corrected chi connectivity index (χ0v) is 18.1. The van der Waals surface area contributed by atoms with Gasteiger partial charge in [0.2, 0.25) is 0 Å². The molecular formula is C24H19F2N5S. The molecule has 1 aromatic carbocycles. The van der Waals surface area contributed by atoms with E-state index in [1.54, 1.807) is 13.0 Å². The van der Waals surface area contributed by atoms with Crippen molar-refractivity contribution in [2.75, 3.05) is 6.67 Å². The Morgan fingerprint density at radius 1 is 1.47 bits per heavy atom. The molecule has 1 aliphatic heterocycles. The number of benzene rings is 1. The number of amidine groups is 1. The fourth-order valence-electron chi connectivity index (χ4n) is 3.70. The maximum atomic E-state index is 14.9. The minimum atomic E-state index is -1.48. The lowest BCUT2D eigenvalue weighted by atomic mass is 9.84. The van der Waals surface area contributed by atoms with Crippen LogP contribution in [0.5, 0.6) is 0 Å². The van der Waals surface area contributed by atoms with Crippen LogP contribution in [0.4, 0.5) is 8.78 Å². The molecule has 0 bridgehead atoms. The van der Waals surface area contributed by atoms with Crippen LogP contribution in [0.15, 0.2) is 64.8 Å². The van der Waals surface area contributed by atoms with Crippen LogP contribution in [0.25, 0.3) is 0 Å². The molecule has 2 N–H and O–H groups in total. The van der Waals surface area contributed by atoms with Crippen LogP contribution in [-0.4, -0.2) is 22.3 Å². The van der Waals surface area contributed by atoms with E-state index in [0.29, 0.717) is 23.3 Å². The van der Waals surface area contributed by atoms with Crippen LogP contribution in [0, 0.1) is 46.2 Å². The lowest BCUT2D eigenvalue weighted by Gasteiger charge is -2.34. The Kier molecular flexibility index (Phi) is 6.63. The van der Waals surface area contributed by atoms with Gasteiger partial charge < -0.3 is 5.73 Å². The van der Waals surface area contributed by atoms with E-state index in [9.17, 15) is 8.78 Å². The largest absolute Gasteiger partial charge is 0.378 e. The Bertz CT molecular complexity index is 1220. The van der Waals surface area contributed by atoms with Crippen molar-refractivity contribution in [3.63, 3.8) is 0 Å². The topological polar surface area (TPSA) is 98.3 Å². The molecule has 32 heavy (non-hydrogen) atoms. The summed E-state index contributed by atoms with van der Waals surface area (Å²) in [7, 11) is 0. The summed E-state index contributed by atoms with van der Waals surface area (Å²) in [6.45, 7) is 4.25. The van der Waals surface area contributed by atoms with Crippen molar-refractivity contribution in [1.29, 1.82) is 10.5 Å². The molecule has 1 heterocycles. The molecule has 1 fully saturated rings. The summed E-state index contributed by atoms with van der Waals surface area (Å²) in [6.07, 6.45) is 6.30. The van der Waals surface area contributed by atoms with Crippen LogP contribution in [0.1, 0.15) is 24.5 Å². The quantitative estimate of drug-likeness (QED) is 0.315. The van der Waals surface area contributed by atoms with Crippen molar-refractivity contribution in [2.24, 2.45) is 21.6 Å². The predicted molar refractivity (Wildman–Crippen MR) is 123 cm³/mol. The van der Waals surface area contributed by atoms with E-state index in [4.69, 9.17) is 16.3 Å². The summed E-state index contributed by atoms with van der Waals surface area (Å²) in [5.74, 6) is 4.78. The first kappa shape index (κ1) is 23.0. The molecule has 8 heteroatoms. The number of alkyl halides is 1. The van der Waals surface area contributed by atoms with Crippen LogP contribution >= 0.6 is 11.8 Å². The van der Waals surface area contributed by atoms with E-state index >= 15 is 0 Å². The SMILES string of the molecule is C=C/C(C#N)=C\N=C(/C)C#Cc1ccc(F)c([C@@]2(CF)N=C(N)S[C@@]3(/C=C/C#N)C[C@H]32)c1. The standard InChI is InChI=1S/C24H19F2N5S/c1-3-17(13-28)14-30-16(2)5-6-18-7-8-20(26)19(11-18)24(15-25)21-12-23(21,9-4-10-27)32-22(29)31-24/h3-4,7-9,11,14,21H,1,12,15H2,2H3,(H2,29,31)/b9-4+,17-14+,30-16+/t21-,23+,24-/m1/s1. The van der Waals surface area contributed by atoms with Gasteiger partial charge in [-0.1, -0.05) is 36.4 Å². The summed E-state index contributed by atoms with van der Waals surface area (Å²) >= 11 is 1.27. The highest BCUT2D eigenvalue weighted by molar-refractivity contribution is 8.15. The third-order valence-electron chi connectivity index (χ3n) is 5.34. The van der Waals surface area contributed by atoms with Gasteiger partial charge in [0.15, 0.2) is 5.17 Å². The van der Waals surface area contributed by atoms with E-state index in [1.165, 1.54) is 48.3 Å². The van der Waals surface area contributed by atoms with Crippen molar-refractivity contribution >= 4 is 22.6 Å². The Hall–Kier alpha value is -3.67. The van der Waals surface area contributed by atoms with Crippen molar-refractivity contribution in [1.82, 2.24) is 0 Å². The van der Waals surface area contributed by atoms with E-state index in [1.807, 2.05) is 12.1 Å². The van der Waals surface area contributed by atoms with Crippen LogP contribution in [-0.2, 0) is 5.54 Å². The van der Waals surface area contributed by atoms with Crippen molar-refractivity contribution in [2.45, 2.75) is 23.6 Å². The molecule has 0 radical (unpaired) electrons. The van der Waals surface area contributed by atoms with Gasteiger partial charge in [-0.05, 0) is 37.5 Å². The van der Waals surface area contributed by atoms with Gasteiger partial charge in [0, 0.05) is 34.1 Å². The molecule has 5 nitrogen and oxygen atoms in total. The number of nitrogens with two attached hydrogens (primary N) is 1. The molecule has 0 saturated heterocycles. The zero-order chi connectivity index (χ0) is 23.4. The molecule has 0 spiro atoms. The number of thioether (sulfide) groups is 1. The first-order valence-electron chi connectivity index (χ1n) is 9.61. The van der Waals surface area contributed by atoms with E-state index in [0.717, 1.165) is 0 Å². The van der Waals surface area contributed by atoms with Gasteiger partial charge in [-0.25, -0.2) is 13.8 Å². The normalized spacial score (nSPS) is 26.8. The van der Waals surface area contributed by atoms with Gasteiger partial charge in [-0.15, -0.1) is 0 Å². The maximum Gasteiger partial charge on any atom is 0.155 e. The first-order chi connectivity index (χ1) is 15.3. The maximum absolute atomic E-state index is 14.9. The highest BCUT2D eigenvalue weighted by Gasteiger charge is 2.67. The molecule has 2 aliphatic rings. The number of nitrogens with zero attached hydrogens (tertiary/aromatic N) is 4. The smallest absolute Gasteiger partial charge is 0.155 e. The zero-order valence-electron chi connectivity index (χ0n) is 17.3. The van der Waals surface area contributed by atoms with E-state index < -0.39 is 22.8 Å². The van der Waals surface area contributed by atoms with Gasteiger partial charge in [0.05, 0.1) is 17.4 Å². The minimum Gasteiger partial charge on any atom is -0.378 e. The Morgan fingerprint density at radius 2 is 2.25 bits per heavy atom. The summed E-state index contributed by atoms with van der Waals surface area (Å²) < 4.78 is 28.8. The fourth-order valence-corrected chi connectivity index (χ4v) is 5.02. The summed E-state index contributed by atoms with van der Waals surface area (Å²) in [4.78, 5) is 8.43. The molecular weight excluding hydrogens is 428 g/mol. The number of nitriles is 2. The Labute approximate surface area is 189 Å². The third-order valence-corrected chi connectivity index (χ3v) is 6.61. The monoisotopic (exact) mass is 447 g/mol. The first-order valence-corrected chi connectivity index (χ1v) is 10.4. The number of fused-ring (bicyclic) bond motifs is 1. The fraction of sp³-hybridized carbons (Fsp3) is 0.250. The third kappa shape index (κ3) is 4.35. The number of halogens is 2. The molecule has 1 saturated carbocycles. The van der Waals surface area contributed by atoms with Gasteiger partial charge in [-0.2, -0.15) is 10.5 Å². The van der Waals surface area contributed by atoms with Crippen LogP contribution in [0.3, 0.4) is 0 Å². The Balaban J connectivity index is 2.00. The number of hydrogen-bond acceptors (Lipinski definition) is 6.